The van der Waals surface area contributed by atoms with Gasteiger partial charge in [-0.15, -0.1) is 21.5 Å². The first-order valence-corrected chi connectivity index (χ1v) is 13.5. The quantitative estimate of drug-likeness (QED) is 0.259. The van der Waals surface area contributed by atoms with Gasteiger partial charge in [0, 0.05) is 54.5 Å². The minimum atomic E-state index is -0.314. The molecule has 1 saturated heterocycles. The van der Waals surface area contributed by atoms with Gasteiger partial charge in [0.2, 0.25) is 11.8 Å². The number of benzene rings is 2. The molecule has 1 atom stereocenters. The van der Waals surface area contributed by atoms with E-state index in [1.807, 2.05) is 38.1 Å². The Morgan fingerprint density at radius 1 is 1.10 bits per heavy atom. The van der Waals surface area contributed by atoms with Crippen molar-refractivity contribution in [3.8, 4) is 28.7 Å². The highest BCUT2D eigenvalue weighted by molar-refractivity contribution is 7.15. The van der Waals surface area contributed by atoms with E-state index in [-0.39, 0.29) is 17.9 Å². The Morgan fingerprint density at radius 2 is 1.87 bits per heavy atom. The molecule has 2 aromatic heterocycles. The Labute approximate surface area is 230 Å². The summed E-state index contributed by atoms with van der Waals surface area (Å²) in [6.45, 7) is 5.64. The van der Waals surface area contributed by atoms with Crippen molar-refractivity contribution in [1.82, 2.24) is 15.2 Å². The zero-order valence-electron chi connectivity index (χ0n) is 22.0. The number of amides is 1. The number of carbonyl (C=O) groups excluding carboxylic acids is 1. The van der Waals surface area contributed by atoms with E-state index in [0.717, 1.165) is 23.3 Å². The summed E-state index contributed by atoms with van der Waals surface area (Å²) in [5.41, 5.74) is 1.17. The Bertz CT molecular complexity index is 1400. The number of aromatic nitrogens is 3. The maximum Gasteiger partial charge on any atom is 0.257 e. The van der Waals surface area contributed by atoms with Gasteiger partial charge < -0.3 is 23.4 Å². The van der Waals surface area contributed by atoms with Crippen LogP contribution in [0.25, 0.3) is 11.5 Å². The number of hydrogen-bond acceptors (Lipinski definition) is 10. The molecule has 10 nitrogen and oxygen atoms in total. The predicted octanol–water partition coefficient (Wildman–Crippen LogP) is 5.85. The van der Waals surface area contributed by atoms with Crippen LogP contribution in [0.1, 0.15) is 46.8 Å². The van der Waals surface area contributed by atoms with Crippen molar-refractivity contribution in [3.63, 3.8) is 0 Å². The molecule has 1 fully saturated rings. The Balaban J connectivity index is 1.32. The molecule has 4 aromatic rings. The largest absolute Gasteiger partial charge is 0.488 e. The molecule has 0 radical (unpaired) electrons. The molecule has 5 rings (SSSR count). The molecular weight excluding hydrogens is 520 g/mol. The SMILES string of the molecule is COCC(C)Oc1cc(Oc2ccc(-c3nnc(C4CCOCC4)o3)cc2)cc(C(=O)Nc2ncc(C)s2)c1. The molecule has 1 amide bonds. The fourth-order valence-corrected chi connectivity index (χ4v) is 4.83. The van der Waals surface area contributed by atoms with Gasteiger partial charge >= 0.3 is 0 Å². The first-order chi connectivity index (χ1) is 19.0. The summed E-state index contributed by atoms with van der Waals surface area (Å²) in [6, 6.07) is 12.4. The lowest BCUT2D eigenvalue weighted by atomic mass is 10.0. The second kappa shape index (κ2) is 12.4. The van der Waals surface area contributed by atoms with Crippen molar-refractivity contribution < 1.29 is 28.2 Å². The summed E-state index contributed by atoms with van der Waals surface area (Å²) < 4.78 is 28.6. The van der Waals surface area contributed by atoms with E-state index in [2.05, 4.69) is 20.5 Å². The topological polar surface area (TPSA) is 118 Å². The monoisotopic (exact) mass is 550 g/mol. The number of anilines is 1. The molecule has 0 saturated carbocycles. The predicted molar refractivity (Wildman–Crippen MR) is 146 cm³/mol. The van der Waals surface area contributed by atoms with Crippen LogP contribution in [0.4, 0.5) is 5.13 Å². The van der Waals surface area contributed by atoms with Crippen LogP contribution in [0.15, 0.2) is 53.1 Å². The number of rotatable bonds is 10. The molecule has 0 bridgehead atoms. The third-order valence-electron chi connectivity index (χ3n) is 6.07. The van der Waals surface area contributed by atoms with Crippen molar-refractivity contribution in [2.24, 2.45) is 0 Å². The second-order valence-corrected chi connectivity index (χ2v) is 10.5. The van der Waals surface area contributed by atoms with Gasteiger partial charge in [-0.05, 0) is 63.1 Å². The summed E-state index contributed by atoms with van der Waals surface area (Å²) in [6.07, 6.45) is 3.25. The van der Waals surface area contributed by atoms with Crippen molar-refractivity contribution in [2.75, 3.05) is 32.2 Å². The van der Waals surface area contributed by atoms with E-state index in [1.165, 1.54) is 11.3 Å². The number of carbonyl (C=O) groups is 1. The lowest BCUT2D eigenvalue weighted by Crippen LogP contribution is -2.18. The summed E-state index contributed by atoms with van der Waals surface area (Å²) in [7, 11) is 1.61. The van der Waals surface area contributed by atoms with Gasteiger partial charge in [0.25, 0.3) is 5.91 Å². The standard InChI is InChI=1S/C28H30N4O6S/c1-17(16-34-3)36-23-12-21(25(33)30-28-29-15-18(2)39-28)13-24(14-23)37-22-6-4-19(5-7-22)26-31-32-27(38-26)20-8-10-35-11-9-20/h4-7,12-15,17,20H,8-11,16H2,1-3H3,(H,29,30,33). The van der Waals surface area contributed by atoms with Crippen molar-refractivity contribution in [1.29, 1.82) is 0 Å². The van der Waals surface area contributed by atoms with Crippen molar-refractivity contribution in [3.05, 3.63) is 65.0 Å². The van der Waals surface area contributed by atoms with Gasteiger partial charge in [0.15, 0.2) is 5.13 Å². The highest BCUT2D eigenvalue weighted by atomic mass is 32.1. The van der Waals surface area contributed by atoms with Gasteiger partial charge in [-0.1, -0.05) is 0 Å². The summed E-state index contributed by atoms with van der Waals surface area (Å²) in [5, 5.41) is 11.8. The summed E-state index contributed by atoms with van der Waals surface area (Å²) in [4.78, 5) is 18.2. The molecule has 0 spiro atoms. The maximum atomic E-state index is 13.0. The number of aryl methyl sites for hydroxylation is 1. The lowest BCUT2D eigenvalue weighted by Gasteiger charge is -2.18. The first-order valence-electron chi connectivity index (χ1n) is 12.7. The molecule has 1 aliphatic heterocycles. The third kappa shape index (κ3) is 6.99. The normalized spacial score (nSPS) is 14.6. The van der Waals surface area contributed by atoms with Gasteiger partial charge in [-0.25, -0.2) is 4.98 Å². The van der Waals surface area contributed by atoms with E-state index in [9.17, 15) is 4.79 Å². The Morgan fingerprint density at radius 3 is 2.59 bits per heavy atom. The molecule has 204 valence electrons. The van der Waals surface area contributed by atoms with Crippen LogP contribution in [-0.4, -0.2) is 54.1 Å². The van der Waals surface area contributed by atoms with Gasteiger partial charge in [0.05, 0.1) is 6.61 Å². The van der Waals surface area contributed by atoms with Crippen LogP contribution < -0.4 is 14.8 Å². The molecular formula is C28H30N4O6S. The fourth-order valence-electron chi connectivity index (χ4n) is 4.18. The second-order valence-electron chi connectivity index (χ2n) is 9.27. The molecule has 3 heterocycles. The maximum absolute atomic E-state index is 13.0. The van der Waals surface area contributed by atoms with Crippen LogP contribution in [-0.2, 0) is 9.47 Å². The molecule has 1 aliphatic rings. The number of nitrogens with one attached hydrogen (secondary N) is 1. The minimum absolute atomic E-state index is 0.220. The number of ether oxygens (including phenoxy) is 4. The van der Waals surface area contributed by atoms with E-state index >= 15 is 0 Å². The molecule has 1 unspecified atom stereocenters. The average molecular weight is 551 g/mol. The smallest absolute Gasteiger partial charge is 0.257 e. The van der Waals surface area contributed by atoms with Crippen LogP contribution in [0, 0.1) is 6.92 Å². The summed E-state index contributed by atoms with van der Waals surface area (Å²) >= 11 is 1.40. The van der Waals surface area contributed by atoms with Crippen LogP contribution in [0.2, 0.25) is 0 Å². The van der Waals surface area contributed by atoms with E-state index in [0.29, 0.717) is 59.5 Å². The van der Waals surface area contributed by atoms with E-state index in [4.69, 9.17) is 23.4 Å². The Hall–Kier alpha value is -3.80. The van der Waals surface area contributed by atoms with Crippen molar-refractivity contribution >= 4 is 22.4 Å². The van der Waals surface area contributed by atoms with Crippen LogP contribution in [0.3, 0.4) is 0 Å². The first kappa shape index (κ1) is 26.8. The molecule has 2 aromatic carbocycles. The number of hydrogen-bond donors (Lipinski definition) is 1. The third-order valence-corrected chi connectivity index (χ3v) is 6.90. The Kier molecular flexibility index (Phi) is 8.50. The highest BCUT2D eigenvalue weighted by Gasteiger charge is 2.22. The van der Waals surface area contributed by atoms with Crippen LogP contribution in [0.5, 0.6) is 17.2 Å². The van der Waals surface area contributed by atoms with Gasteiger partial charge in [-0.3, -0.25) is 10.1 Å². The molecule has 39 heavy (non-hydrogen) atoms. The zero-order chi connectivity index (χ0) is 27.2. The highest BCUT2D eigenvalue weighted by Crippen LogP contribution is 2.32. The van der Waals surface area contributed by atoms with Gasteiger partial charge in [-0.2, -0.15) is 0 Å². The number of thiazole rings is 1. The summed E-state index contributed by atoms with van der Waals surface area (Å²) in [5.74, 6) is 2.53. The molecule has 11 heteroatoms. The fraction of sp³-hybridized carbons (Fsp3) is 0.357. The molecule has 1 N–H and O–H groups in total. The minimum Gasteiger partial charge on any atom is -0.488 e. The van der Waals surface area contributed by atoms with Gasteiger partial charge in [0.1, 0.15) is 23.4 Å². The molecule has 0 aliphatic carbocycles. The van der Waals surface area contributed by atoms with E-state index in [1.54, 1.807) is 31.5 Å². The van der Waals surface area contributed by atoms with Crippen LogP contribution >= 0.6 is 11.3 Å². The van der Waals surface area contributed by atoms with E-state index < -0.39 is 0 Å². The average Bonchev–Trinajstić information content (AvgIpc) is 3.59. The van der Waals surface area contributed by atoms with Crippen molar-refractivity contribution in [2.45, 2.75) is 38.7 Å². The zero-order valence-corrected chi connectivity index (χ0v) is 22.8. The lowest BCUT2D eigenvalue weighted by molar-refractivity contribution is 0.0795. The number of nitrogens with zero attached hydrogens (tertiary/aromatic N) is 3. The number of methoxy groups -OCH3 is 1.